The highest BCUT2D eigenvalue weighted by Crippen LogP contribution is 2.60. The zero-order valence-corrected chi connectivity index (χ0v) is 35.6. The Morgan fingerprint density at radius 3 is 1.85 bits per heavy atom. The summed E-state index contributed by atoms with van der Waals surface area (Å²) in [5.74, 6) is 0. The summed E-state index contributed by atoms with van der Waals surface area (Å²) in [7, 11) is 0. The van der Waals surface area contributed by atoms with E-state index in [1.807, 2.05) is 11.3 Å². The van der Waals surface area contributed by atoms with E-state index in [1.165, 1.54) is 109 Å². The van der Waals surface area contributed by atoms with Crippen molar-refractivity contribution in [3.8, 4) is 44.5 Å². The fourth-order valence-electron chi connectivity index (χ4n) is 11.8. The Bertz CT molecular complexity index is 3460. The van der Waals surface area contributed by atoms with Crippen molar-refractivity contribution in [2.75, 3.05) is 4.90 Å². The van der Waals surface area contributed by atoms with E-state index in [-0.39, 0.29) is 10.8 Å². The Morgan fingerprint density at radius 2 is 1.02 bits per heavy atom. The van der Waals surface area contributed by atoms with Gasteiger partial charge in [-0.25, -0.2) is 0 Å². The zero-order valence-electron chi connectivity index (χ0n) is 34.8. The van der Waals surface area contributed by atoms with Gasteiger partial charge >= 0.3 is 0 Å². The molecule has 294 valence electrons. The smallest absolute Gasteiger partial charge is 0.0540 e. The van der Waals surface area contributed by atoms with Gasteiger partial charge in [0.25, 0.3) is 0 Å². The minimum Gasteiger partial charge on any atom is -0.310 e. The highest BCUT2D eigenvalue weighted by atomic mass is 32.1. The van der Waals surface area contributed by atoms with Gasteiger partial charge in [0.1, 0.15) is 0 Å². The molecular weight excluding hydrogens is 767 g/mol. The molecule has 0 bridgehead atoms. The average molecular weight is 810 g/mol. The highest BCUT2D eigenvalue weighted by Gasteiger charge is 2.48. The SMILES string of the molecule is CC1(C)c2ccccc2-c2cccc(-c3ccccc3N(c3ccc(-c4cccc5c4sc4ccccc45)cc3)c3ccc4c(c3)C3(CCc5ccccc53)c3ccccc3-4)c21. The standard InChI is InChI=1S/C60H43NS/c1-59(2)52-25-9-4-17-44(52)48-21-14-22-49(57(48)59)46-18-6-11-27-55(46)61(40-31-29-38(30-32-40)42-20-13-23-50-47-19-7-12-28-56(47)62-58(42)50)41-33-34-45-43-16-5-10-26-53(43)60(54(45)37-41)36-35-39-15-3-8-24-51(39)60/h3-34,37H,35-36H2,1-2H3. The molecular formula is C60H43NS. The number of benzene rings is 9. The van der Waals surface area contributed by atoms with Crippen LogP contribution in [0.25, 0.3) is 64.7 Å². The number of hydrogen-bond acceptors (Lipinski definition) is 2. The van der Waals surface area contributed by atoms with Crippen molar-refractivity contribution in [1.29, 1.82) is 0 Å². The summed E-state index contributed by atoms with van der Waals surface area (Å²) >= 11 is 1.89. The number of aryl methyl sites for hydroxylation is 1. The second-order valence-electron chi connectivity index (χ2n) is 17.9. The number of rotatable bonds is 5. The Morgan fingerprint density at radius 1 is 0.435 bits per heavy atom. The lowest BCUT2D eigenvalue weighted by molar-refractivity contribution is 0.626. The first-order chi connectivity index (χ1) is 30.5. The van der Waals surface area contributed by atoms with E-state index in [4.69, 9.17) is 0 Å². The minimum absolute atomic E-state index is 0.155. The van der Waals surface area contributed by atoms with Gasteiger partial charge in [-0.3, -0.25) is 0 Å². The van der Waals surface area contributed by atoms with Crippen molar-refractivity contribution < 1.29 is 0 Å². The van der Waals surface area contributed by atoms with Crippen molar-refractivity contribution in [3.63, 3.8) is 0 Å². The van der Waals surface area contributed by atoms with Crippen LogP contribution in [0, 0.1) is 0 Å². The summed E-state index contributed by atoms with van der Waals surface area (Å²) in [6, 6.07) is 75.6. The highest BCUT2D eigenvalue weighted by molar-refractivity contribution is 7.26. The van der Waals surface area contributed by atoms with Crippen LogP contribution in [-0.2, 0) is 17.3 Å². The molecule has 0 aliphatic heterocycles. The van der Waals surface area contributed by atoms with Gasteiger partial charge in [-0.2, -0.15) is 0 Å². The lowest BCUT2D eigenvalue weighted by Crippen LogP contribution is -2.24. The molecule has 0 fully saturated rings. The molecule has 0 saturated carbocycles. The van der Waals surface area contributed by atoms with Gasteiger partial charge in [0, 0.05) is 47.9 Å². The number of nitrogens with zero attached hydrogens (tertiary/aromatic N) is 1. The van der Waals surface area contributed by atoms with E-state index in [0.29, 0.717) is 0 Å². The molecule has 9 aromatic carbocycles. The first-order valence-electron chi connectivity index (χ1n) is 22.0. The van der Waals surface area contributed by atoms with Crippen molar-refractivity contribution in [1.82, 2.24) is 0 Å². The normalized spacial score (nSPS) is 16.3. The maximum Gasteiger partial charge on any atom is 0.0540 e. The number of hydrogen-bond donors (Lipinski definition) is 0. The number of fused-ring (bicyclic) bond motifs is 13. The monoisotopic (exact) mass is 809 g/mol. The van der Waals surface area contributed by atoms with Crippen LogP contribution in [-0.4, -0.2) is 0 Å². The summed E-state index contributed by atoms with van der Waals surface area (Å²) in [6.07, 6.45) is 2.15. The van der Waals surface area contributed by atoms with E-state index < -0.39 is 0 Å². The third kappa shape index (κ3) is 4.90. The van der Waals surface area contributed by atoms with Crippen molar-refractivity contribution in [2.24, 2.45) is 0 Å². The largest absolute Gasteiger partial charge is 0.310 e. The molecule has 1 unspecified atom stereocenters. The van der Waals surface area contributed by atoms with Crippen molar-refractivity contribution in [2.45, 2.75) is 37.5 Å². The Labute approximate surface area is 367 Å². The lowest BCUT2D eigenvalue weighted by atomic mass is 9.73. The number of anilines is 3. The van der Waals surface area contributed by atoms with E-state index in [9.17, 15) is 0 Å². The molecule has 0 N–H and O–H groups in total. The third-order valence-corrected chi connectivity index (χ3v) is 15.7. The van der Waals surface area contributed by atoms with Gasteiger partial charge in [0.15, 0.2) is 0 Å². The van der Waals surface area contributed by atoms with Crippen molar-refractivity contribution in [3.05, 3.63) is 234 Å². The van der Waals surface area contributed by atoms with Crippen LogP contribution in [0.3, 0.4) is 0 Å². The molecule has 10 aromatic rings. The Hall–Kier alpha value is -7.00. The first-order valence-corrected chi connectivity index (χ1v) is 22.8. The molecule has 1 heterocycles. The van der Waals surface area contributed by atoms with Crippen LogP contribution in [0.4, 0.5) is 17.1 Å². The van der Waals surface area contributed by atoms with Crippen molar-refractivity contribution >= 4 is 48.6 Å². The number of thiophene rings is 1. The van der Waals surface area contributed by atoms with Crippen LogP contribution >= 0.6 is 11.3 Å². The summed E-state index contributed by atoms with van der Waals surface area (Å²) in [5.41, 5.74) is 22.1. The van der Waals surface area contributed by atoms with Gasteiger partial charge in [-0.1, -0.05) is 178 Å². The number of para-hydroxylation sites is 1. The molecule has 62 heavy (non-hydrogen) atoms. The van der Waals surface area contributed by atoms with Gasteiger partial charge in [-0.15, -0.1) is 11.3 Å². The molecule has 3 aliphatic carbocycles. The lowest BCUT2D eigenvalue weighted by Gasteiger charge is -2.32. The Kier molecular flexibility index (Phi) is 7.63. The van der Waals surface area contributed by atoms with Gasteiger partial charge in [-0.05, 0) is 122 Å². The van der Waals surface area contributed by atoms with Crippen LogP contribution in [0.1, 0.15) is 53.6 Å². The summed E-state index contributed by atoms with van der Waals surface area (Å²) < 4.78 is 2.67. The summed E-state index contributed by atoms with van der Waals surface area (Å²) in [4.78, 5) is 2.53. The molecule has 0 amide bonds. The van der Waals surface area contributed by atoms with Gasteiger partial charge in [0.2, 0.25) is 0 Å². The van der Waals surface area contributed by atoms with Gasteiger partial charge < -0.3 is 4.90 Å². The maximum absolute atomic E-state index is 2.54. The predicted molar refractivity (Wildman–Crippen MR) is 263 cm³/mol. The van der Waals surface area contributed by atoms with Crippen LogP contribution in [0.5, 0.6) is 0 Å². The molecule has 1 spiro atoms. The molecule has 2 heteroatoms. The molecule has 0 radical (unpaired) electrons. The first kappa shape index (κ1) is 35.7. The maximum atomic E-state index is 2.54. The molecule has 3 aliphatic rings. The predicted octanol–water partition coefficient (Wildman–Crippen LogP) is 16.4. The van der Waals surface area contributed by atoms with Gasteiger partial charge in [0.05, 0.1) is 5.69 Å². The Balaban J connectivity index is 1.03. The molecule has 1 atom stereocenters. The van der Waals surface area contributed by atoms with E-state index in [2.05, 4.69) is 219 Å². The van der Waals surface area contributed by atoms with Crippen LogP contribution in [0.15, 0.2) is 200 Å². The third-order valence-electron chi connectivity index (χ3n) is 14.5. The molecule has 1 aromatic heterocycles. The van der Waals surface area contributed by atoms with Crippen LogP contribution < -0.4 is 4.90 Å². The second kappa shape index (κ2) is 13.2. The topological polar surface area (TPSA) is 3.24 Å². The summed E-state index contributed by atoms with van der Waals surface area (Å²) in [6.45, 7) is 4.79. The van der Waals surface area contributed by atoms with E-state index in [1.54, 1.807) is 0 Å². The second-order valence-corrected chi connectivity index (χ2v) is 19.0. The average Bonchev–Trinajstić information content (AvgIpc) is 4.05. The minimum atomic E-state index is -0.188. The molecule has 0 saturated heterocycles. The summed E-state index contributed by atoms with van der Waals surface area (Å²) in [5, 5.41) is 2.65. The van der Waals surface area contributed by atoms with E-state index >= 15 is 0 Å². The van der Waals surface area contributed by atoms with E-state index in [0.717, 1.165) is 18.5 Å². The zero-order chi connectivity index (χ0) is 41.2. The fourth-order valence-corrected chi connectivity index (χ4v) is 13.1. The fraction of sp³-hybridized carbons (Fsp3) is 0.100. The quantitative estimate of drug-likeness (QED) is 0.167. The van der Waals surface area contributed by atoms with Crippen LogP contribution in [0.2, 0.25) is 0 Å². The molecule has 1 nitrogen and oxygen atoms in total. The molecule has 13 rings (SSSR count).